The van der Waals surface area contributed by atoms with Gasteiger partial charge in [0.15, 0.2) is 12.6 Å². The second kappa shape index (κ2) is 13.4. The van der Waals surface area contributed by atoms with Crippen LogP contribution >= 0.6 is 24.0 Å². The van der Waals surface area contributed by atoms with Crippen LogP contribution in [-0.2, 0) is 11.2 Å². The molecule has 0 atom stereocenters. The Morgan fingerprint density at radius 3 is 2.68 bits per heavy atom. The van der Waals surface area contributed by atoms with Gasteiger partial charge in [0, 0.05) is 33.2 Å². The summed E-state index contributed by atoms with van der Waals surface area (Å²) in [7, 11) is 3.85. The Morgan fingerprint density at radius 2 is 2.07 bits per heavy atom. The van der Waals surface area contributed by atoms with Crippen molar-refractivity contribution in [1.29, 1.82) is 0 Å². The molecule has 0 bridgehead atoms. The lowest BCUT2D eigenvalue weighted by atomic mass is 10.1. The molecule has 2 N–H and O–H groups in total. The van der Waals surface area contributed by atoms with Crippen LogP contribution in [0.25, 0.3) is 0 Å². The Bertz CT molecular complexity index is 630. The number of benzene rings is 1. The third-order valence-electron chi connectivity index (χ3n) is 4.41. The van der Waals surface area contributed by atoms with E-state index in [0.717, 1.165) is 56.9 Å². The topological polar surface area (TPSA) is 66.0 Å². The number of ether oxygens (including phenoxy) is 1. The molecule has 0 aliphatic heterocycles. The van der Waals surface area contributed by atoms with E-state index < -0.39 is 0 Å². The highest BCUT2D eigenvalue weighted by Crippen LogP contribution is 2.18. The number of amides is 1. The highest BCUT2D eigenvalue weighted by atomic mass is 127. The minimum Gasteiger partial charge on any atom is -0.484 e. The van der Waals surface area contributed by atoms with Gasteiger partial charge in [-0.1, -0.05) is 18.2 Å². The Balaban J connectivity index is 0.00000392. The Morgan fingerprint density at radius 1 is 1.36 bits per heavy atom. The van der Waals surface area contributed by atoms with E-state index in [1.165, 1.54) is 5.56 Å². The van der Waals surface area contributed by atoms with Crippen molar-refractivity contribution < 1.29 is 9.53 Å². The van der Waals surface area contributed by atoms with Gasteiger partial charge in [0.05, 0.1) is 0 Å². The fraction of sp³-hybridized carbons (Fsp3) is 0.524. The summed E-state index contributed by atoms with van der Waals surface area (Å²) >= 11 is 0. The number of hydrogen-bond donors (Lipinski definition) is 2. The van der Waals surface area contributed by atoms with Crippen molar-refractivity contribution in [2.75, 3.05) is 33.8 Å². The molecule has 0 aromatic heterocycles. The van der Waals surface area contributed by atoms with Gasteiger partial charge in [-0.15, -0.1) is 30.6 Å². The third kappa shape index (κ3) is 9.43. The lowest BCUT2D eigenvalue weighted by Gasteiger charge is -2.21. The Kier molecular flexibility index (Phi) is 11.6. The number of nitrogens with one attached hydrogen (secondary N) is 2. The number of hydrogen-bond acceptors (Lipinski definition) is 3. The van der Waals surface area contributed by atoms with Crippen molar-refractivity contribution in [1.82, 2.24) is 15.5 Å². The van der Waals surface area contributed by atoms with Crippen LogP contribution in [0.15, 0.2) is 41.9 Å². The van der Waals surface area contributed by atoms with Crippen molar-refractivity contribution in [3.63, 3.8) is 0 Å². The van der Waals surface area contributed by atoms with Crippen LogP contribution in [0.4, 0.5) is 0 Å². The third-order valence-corrected chi connectivity index (χ3v) is 4.41. The standard InChI is InChI=1S/C21H32N4O2.HI/c1-4-5-6-15-25(3)21(22-2)23-14-13-17-7-11-19(12-8-17)27-16-20(26)24-18-9-10-18;/h4,7-8,11-12,18H,1,5-6,9-10,13-16H2,2-3H3,(H,22,23)(H,24,26);1H. The van der Waals surface area contributed by atoms with Crippen molar-refractivity contribution in [2.24, 2.45) is 4.99 Å². The number of carbonyl (C=O) groups is 1. The van der Waals surface area contributed by atoms with E-state index in [1.807, 2.05) is 37.4 Å². The molecule has 0 spiro atoms. The molecule has 0 radical (unpaired) electrons. The number of unbranched alkanes of at least 4 members (excludes halogenated alkanes) is 1. The van der Waals surface area contributed by atoms with Crippen LogP contribution in [0, 0.1) is 0 Å². The smallest absolute Gasteiger partial charge is 0.258 e. The van der Waals surface area contributed by atoms with Crippen molar-refractivity contribution in [2.45, 2.75) is 38.1 Å². The van der Waals surface area contributed by atoms with E-state index >= 15 is 0 Å². The minimum atomic E-state index is -0.0469. The number of allylic oxidation sites excluding steroid dienone is 1. The average molecular weight is 500 g/mol. The molecule has 0 unspecified atom stereocenters. The van der Waals surface area contributed by atoms with Gasteiger partial charge in [-0.05, 0) is 49.8 Å². The van der Waals surface area contributed by atoms with E-state index in [9.17, 15) is 4.79 Å². The zero-order valence-corrected chi connectivity index (χ0v) is 19.3. The van der Waals surface area contributed by atoms with Gasteiger partial charge < -0.3 is 20.3 Å². The van der Waals surface area contributed by atoms with Gasteiger partial charge in [-0.3, -0.25) is 9.79 Å². The molecule has 0 saturated heterocycles. The molecule has 1 aliphatic carbocycles. The molecule has 7 heteroatoms. The SMILES string of the molecule is C=CCCCN(C)C(=NC)NCCc1ccc(OCC(=O)NC2CC2)cc1.I. The summed E-state index contributed by atoms with van der Waals surface area (Å²) < 4.78 is 5.53. The zero-order valence-electron chi connectivity index (χ0n) is 16.9. The fourth-order valence-electron chi connectivity index (χ4n) is 2.68. The van der Waals surface area contributed by atoms with Crippen LogP contribution in [-0.4, -0.2) is 56.6 Å². The molecule has 0 heterocycles. The molecule has 1 aliphatic rings. The van der Waals surface area contributed by atoms with Crippen LogP contribution in [0.2, 0.25) is 0 Å². The molecular formula is C21H33IN4O2. The van der Waals surface area contributed by atoms with Gasteiger partial charge in [0.25, 0.3) is 5.91 Å². The summed E-state index contributed by atoms with van der Waals surface area (Å²) in [5, 5.41) is 6.30. The zero-order chi connectivity index (χ0) is 19.5. The van der Waals surface area contributed by atoms with Gasteiger partial charge in [0.2, 0.25) is 0 Å². The van der Waals surface area contributed by atoms with E-state index in [0.29, 0.717) is 6.04 Å². The molecule has 1 fully saturated rings. The molecule has 1 amide bonds. The van der Waals surface area contributed by atoms with E-state index in [1.54, 1.807) is 7.05 Å². The average Bonchev–Trinajstić information content (AvgIpc) is 3.48. The largest absolute Gasteiger partial charge is 0.484 e. The Labute approximate surface area is 185 Å². The number of aliphatic imine (C=N–C) groups is 1. The number of halogens is 1. The van der Waals surface area contributed by atoms with Crippen LogP contribution in [0.5, 0.6) is 5.75 Å². The second-order valence-electron chi connectivity index (χ2n) is 6.85. The molecule has 28 heavy (non-hydrogen) atoms. The lowest BCUT2D eigenvalue weighted by molar-refractivity contribution is -0.123. The second-order valence-corrected chi connectivity index (χ2v) is 6.85. The first-order valence-corrected chi connectivity index (χ1v) is 9.66. The van der Waals surface area contributed by atoms with Gasteiger partial charge >= 0.3 is 0 Å². The van der Waals surface area contributed by atoms with Crippen LogP contribution < -0.4 is 15.4 Å². The van der Waals surface area contributed by atoms with Gasteiger partial charge in [0.1, 0.15) is 5.75 Å². The molecule has 1 aromatic rings. The van der Waals surface area contributed by atoms with E-state index in [-0.39, 0.29) is 36.5 Å². The minimum absolute atomic E-state index is 0. The number of nitrogens with zero attached hydrogens (tertiary/aromatic N) is 2. The summed E-state index contributed by atoms with van der Waals surface area (Å²) in [4.78, 5) is 18.1. The van der Waals surface area contributed by atoms with Gasteiger partial charge in [-0.2, -0.15) is 0 Å². The summed E-state index contributed by atoms with van der Waals surface area (Å²) in [5.41, 5.74) is 1.21. The maximum atomic E-state index is 11.6. The Hall–Kier alpha value is -1.77. The number of rotatable bonds is 11. The number of guanidine groups is 1. The summed E-state index contributed by atoms with van der Waals surface area (Å²) in [6.07, 6.45) is 7.09. The quantitative estimate of drug-likeness (QED) is 0.161. The first kappa shape index (κ1) is 24.3. The summed E-state index contributed by atoms with van der Waals surface area (Å²) in [6, 6.07) is 8.26. The van der Waals surface area contributed by atoms with E-state index in [4.69, 9.17) is 4.74 Å². The molecule has 156 valence electrons. The monoisotopic (exact) mass is 500 g/mol. The predicted molar refractivity (Wildman–Crippen MR) is 126 cm³/mol. The number of carbonyl (C=O) groups excluding carboxylic acids is 1. The van der Waals surface area contributed by atoms with Crippen molar-refractivity contribution in [3.8, 4) is 5.75 Å². The van der Waals surface area contributed by atoms with Crippen LogP contribution in [0.1, 0.15) is 31.2 Å². The van der Waals surface area contributed by atoms with Crippen molar-refractivity contribution >= 4 is 35.8 Å². The molecule has 1 aromatic carbocycles. The first-order valence-electron chi connectivity index (χ1n) is 9.66. The maximum Gasteiger partial charge on any atom is 0.258 e. The lowest BCUT2D eigenvalue weighted by Crippen LogP contribution is -2.40. The van der Waals surface area contributed by atoms with E-state index in [2.05, 4.69) is 27.1 Å². The molecule has 6 nitrogen and oxygen atoms in total. The summed E-state index contributed by atoms with van der Waals surface area (Å²) in [5.74, 6) is 1.57. The van der Waals surface area contributed by atoms with Gasteiger partial charge in [-0.25, -0.2) is 0 Å². The normalized spacial score (nSPS) is 13.3. The van der Waals surface area contributed by atoms with Crippen molar-refractivity contribution in [3.05, 3.63) is 42.5 Å². The summed E-state index contributed by atoms with van der Waals surface area (Å²) in [6.45, 7) is 5.59. The highest BCUT2D eigenvalue weighted by molar-refractivity contribution is 14.0. The molecule has 1 saturated carbocycles. The molecular weight excluding hydrogens is 467 g/mol. The molecule has 2 rings (SSSR count). The first-order chi connectivity index (χ1) is 13.1. The fourth-order valence-corrected chi connectivity index (χ4v) is 2.68. The highest BCUT2D eigenvalue weighted by Gasteiger charge is 2.23. The predicted octanol–water partition coefficient (Wildman–Crippen LogP) is 2.98. The van der Waals surface area contributed by atoms with Crippen LogP contribution in [0.3, 0.4) is 0 Å². The maximum absolute atomic E-state index is 11.6.